The summed E-state index contributed by atoms with van der Waals surface area (Å²) in [6.07, 6.45) is -3.04. The SMILES string of the molecule is Cc1ccc(C)c(COc2cccc(-c3ccnc4c(C(F)(F)F)cccc34)c2)c1. The zero-order valence-electron chi connectivity index (χ0n) is 16.6. The van der Waals surface area contributed by atoms with Crippen molar-refractivity contribution in [2.75, 3.05) is 0 Å². The molecule has 1 heterocycles. The summed E-state index contributed by atoms with van der Waals surface area (Å²) in [6.45, 7) is 4.50. The van der Waals surface area contributed by atoms with Gasteiger partial charge in [-0.1, -0.05) is 48.0 Å². The van der Waals surface area contributed by atoms with Gasteiger partial charge in [-0.2, -0.15) is 13.2 Å². The molecule has 0 spiro atoms. The monoisotopic (exact) mass is 407 g/mol. The summed E-state index contributed by atoms with van der Waals surface area (Å²) >= 11 is 0. The van der Waals surface area contributed by atoms with E-state index >= 15 is 0 Å². The van der Waals surface area contributed by atoms with Gasteiger partial charge in [0.1, 0.15) is 12.4 Å². The standard InChI is InChI=1S/C25H20F3NO/c1-16-9-10-17(2)19(13-16)15-30-20-6-3-5-18(14-20)21-11-12-29-24-22(21)7-4-8-23(24)25(26,27)28/h3-14H,15H2,1-2H3. The summed E-state index contributed by atoms with van der Waals surface area (Å²) in [6, 6.07) is 19.5. The Morgan fingerprint density at radius 3 is 2.50 bits per heavy atom. The van der Waals surface area contributed by atoms with Crippen molar-refractivity contribution in [2.45, 2.75) is 26.6 Å². The molecule has 0 unspecified atom stereocenters. The molecule has 0 N–H and O–H groups in total. The van der Waals surface area contributed by atoms with E-state index in [4.69, 9.17) is 4.74 Å². The number of rotatable bonds is 4. The Morgan fingerprint density at radius 2 is 1.70 bits per heavy atom. The van der Waals surface area contributed by atoms with Gasteiger partial charge in [0.15, 0.2) is 0 Å². The van der Waals surface area contributed by atoms with Gasteiger partial charge in [-0.3, -0.25) is 4.98 Å². The van der Waals surface area contributed by atoms with Gasteiger partial charge in [-0.05, 0) is 60.4 Å². The molecule has 0 atom stereocenters. The maximum Gasteiger partial charge on any atom is 0.418 e. The van der Waals surface area contributed by atoms with Crippen molar-refractivity contribution < 1.29 is 17.9 Å². The highest BCUT2D eigenvalue weighted by molar-refractivity contribution is 5.96. The van der Waals surface area contributed by atoms with Gasteiger partial charge in [-0.15, -0.1) is 0 Å². The minimum atomic E-state index is -4.46. The van der Waals surface area contributed by atoms with Gasteiger partial charge in [0.05, 0.1) is 11.1 Å². The van der Waals surface area contributed by atoms with Crippen LogP contribution in [0.1, 0.15) is 22.3 Å². The Balaban J connectivity index is 1.69. The van der Waals surface area contributed by atoms with Crippen molar-refractivity contribution >= 4 is 10.9 Å². The van der Waals surface area contributed by atoms with Crippen LogP contribution in [-0.4, -0.2) is 4.98 Å². The molecule has 2 nitrogen and oxygen atoms in total. The fraction of sp³-hybridized carbons (Fsp3) is 0.160. The minimum absolute atomic E-state index is 0.0517. The fourth-order valence-corrected chi connectivity index (χ4v) is 3.53. The van der Waals surface area contributed by atoms with E-state index in [-0.39, 0.29) is 5.52 Å². The molecular weight excluding hydrogens is 387 g/mol. The molecule has 4 rings (SSSR count). The van der Waals surface area contributed by atoms with Crippen molar-refractivity contribution in [1.82, 2.24) is 4.98 Å². The van der Waals surface area contributed by atoms with Gasteiger partial charge in [0.25, 0.3) is 0 Å². The van der Waals surface area contributed by atoms with Gasteiger partial charge in [0.2, 0.25) is 0 Å². The third-order valence-electron chi connectivity index (χ3n) is 5.12. The van der Waals surface area contributed by atoms with Gasteiger partial charge >= 0.3 is 6.18 Å². The van der Waals surface area contributed by atoms with E-state index in [2.05, 4.69) is 23.2 Å². The van der Waals surface area contributed by atoms with Gasteiger partial charge < -0.3 is 4.74 Å². The van der Waals surface area contributed by atoms with Crippen molar-refractivity contribution in [1.29, 1.82) is 0 Å². The summed E-state index contributed by atoms with van der Waals surface area (Å²) in [5, 5.41) is 0.457. The topological polar surface area (TPSA) is 22.1 Å². The van der Waals surface area contributed by atoms with Crippen LogP contribution >= 0.6 is 0 Å². The number of nitrogens with zero attached hydrogens (tertiary/aromatic N) is 1. The second-order valence-corrected chi connectivity index (χ2v) is 7.30. The predicted octanol–water partition coefficient (Wildman–Crippen LogP) is 7.12. The van der Waals surface area contributed by atoms with Crippen LogP contribution in [0.25, 0.3) is 22.0 Å². The van der Waals surface area contributed by atoms with Crippen molar-refractivity contribution in [3.8, 4) is 16.9 Å². The molecule has 5 heteroatoms. The van der Waals surface area contributed by atoms with E-state index in [0.29, 0.717) is 23.3 Å². The highest BCUT2D eigenvalue weighted by Gasteiger charge is 2.33. The van der Waals surface area contributed by atoms with E-state index < -0.39 is 11.7 Å². The molecule has 0 radical (unpaired) electrons. The lowest BCUT2D eigenvalue weighted by atomic mass is 9.99. The largest absolute Gasteiger partial charge is 0.489 e. The number of hydrogen-bond donors (Lipinski definition) is 0. The number of para-hydroxylation sites is 1. The molecular formula is C25H20F3NO. The summed E-state index contributed by atoms with van der Waals surface area (Å²) in [5.74, 6) is 0.658. The summed E-state index contributed by atoms with van der Waals surface area (Å²) in [7, 11) is 0. The average molecular weight is 407 g/mol. The first kappa shape index (κ1) is 20.0. The average Bonchev–Trinajstić information content (AvgIpc) is 2.73. The van der Waals surface area contributed by atoms with Crippen LogP contribution in [0.2, 0.25) is 0 Å². The first-order chi connectivity index (χ1) is 14.3. The van der Waals surface area contributed by atoms with Crippen molar-refractivity contribution in [3.63, 3.8) is 0 Å². The van der Waals surface area contributed by atoms with Crippen LogP contribution in [0.5, 0.6) is 5.75 Å². The van der Waals surface area contributed by atoms with Crippen molar-refractivity contribution in [2.24, 2.45) is 0 Å². The molecule has 0 bridgehead atoms. The Morgan fingerprint density at radius 1 is 0.900 bits per heavy atom. The Labute approximate surface area is 173 Å². The lowest BCUT2D eigenvalue weighted by Crippen LogP contribution is -2.06. The van der Waals surface area contributed by atoms with E-state index in [1.54, 1.807) is 12.1 Å². The second-order valence-electron chi connectivity index (χ2n) is 7.30. The van der Waals surface area contributed by atoms with E-state index in [9.17, 15) is 13.2 Å². The zero-order chi connectivity index (χ0) is 21.3. The molecule has 0 fully saturated rings. The predicted molar refractivity (Wildman–Crippen MR) is 112 cm³/mol. The van der Waals surface area contributed by atoms with E-state index in [1.165, 1.54) is 12.3 Å². The zero-order valence-corrected chi connectivity index (χ0v) is 16.6. The number of aryl methyl sites for hydroxylation is 2. The normalized spacial score (nSPS) is 11.6. The lowest BCUT2D eigenvalue weighted by molar-refractivity contribution is -0.136. The summed E-state index contributed by atoms with van der Waals surface area (Å²) in [4.78, 5) is 4.00. The molecule has 1 aromatic heterocycles. The lowest BCUT2D eigenvalue weighted by Gasteiger charge is -2.13. The van der Waals surface area contributed by atoms with Gasteiger partial charge in [-0.25, -0.2) is 0 Å². The molecule has 0 aliphatic carbocycles. The number of ether oxygens (including phenoxy) is 1. The third-order valence-corrected chi connectivity index (χ3v) is 5.12. The van der Waals surface area contributed by atoms with E-state index in [1.807, 2.05) is 38.1 Å². The molecule has 0 saturated carbocycles. The van der Waals surface area contributed by atoms with Crippen LogP contribution in [0.4, 0.5) is 13.2 Å². The molecule has 30 heavy (non-hydrogen) atoms. The van der Waals surface area contributed by atoms with Crippen LogP contribution in [0.3, 0.4) is 0 Å². The highest BCUT2D eigenvalue weighted by atomic mass is 19.4. The number of hydrogen-bond acceptors (Lipinski definition) is 2. The smallest absolute Gasteiger partial charge is 0.418 e. The van der Waals surface area contributed by atoms with Crippen molar-refractivity contribution in [3.05, 3.63) is 95.2 Å². The molecule has 0 amide bonds. The summed E-state index contributed by atoms with van der Waals surface area (Å²) in [5.41, 5.74) is 4.09. The molecule has 0 aliphatic heterocycles. The van der Waals surface area contributed by atoms with Crippen LogP contribution in [0, 0.1) is 13.8 Å². The van der Waals surface area contributed by atoms with Crippen LogP contribution in [0.15, 0.2) is 72.9 Å². The maximum absolute atomic E-state index is 13.4. The third kappa shape index (κ3) is 4.01. The second kappa shape index (κ2) is 7.82. The Kier molecular flexibility index (Phi) is 5.20. The highest BCUT2D eigenvalue weighted by Crippen LogP contribution is 2.37. The molecule has 0 aliphatic rings. The van der Waals surface area contributed by atoms with Gasteiger partial charge in [0, 0.05) is 11.6 Å². The first-order valence-corrected chi connectivity index (χ1v) is 9.57. The number of fused-ring (bicyclic) bond motifs is 1. The molecule has 4 aromatic rings. The maximum atomic E-state index is 13.4. The van der Waals surface area contributed by atoms with Crippen LogP contribution < -0.4 is 4.74 Å². The number of benzene rings is 3. The Hall–Kier alpha value is -3.34. The molecule has 0 saturated heterocycles. The number of alkyl halides is 3. The minimum Gasteiger partial charge on any atom is -0.489 e. The van der Waals surface area contributed by atoms with Crippen LogP contribution in [-0.2, 0) is 12.8 Å². The summed E-state index contributed by atoms with van der Waals surface area (Å²) < 4.78 is 46.1. The van der Waals surface area contributed by atoms with E-state index in [0.717, 1.165) is 28.3 Å². The molecule has 152 valence electrons. The Bertz CT molecular complexity index is 1210. The number of pyridine rings is 1. The first-order valence-electron chi connectivity index (χ1n) is 9.57. The number of halogens is 3. The molecule has 3 aromatic carbocycles. The fourth-order valence-electron chi connectivity index (χ4n) is 3.53. The quantitative estimate of drug-likeness (QED) is 0.359. The number of aromatic nitrogens is 1.